The Morgan fingerprint density at radius 3 is 2.38 bits per heavy atom. The van der Waals surface area contributed by atoms with Crippen LogP contribution in [0.2, 0.25) is 5.02 Å². The zero-order chi connectivity index (χ0) is 20.8. The Hall–Kier alpha value is -2.90. The minimum atomic E-state index is -0.813. The first-order valence-corrected chi connectivity index (χ1v) is 9.89. The standard InChI is InChI=1S/C24H20ClNO3/c1-24(2)11-18(27)21-19(12-24)29-23(22(28)16-7-9-17(25)10-8-16)20(21)15-5-3-14(13-26)4-6-15/h3-10,20,23H,11-12H2,1-2H3/t20-,23-/m1/s1. The number of nitrogens with zero attached hydrogens (tertiary/aromatic N) is 1. The van der Waals surface area contributed by atoms with Crippen LogP contribution >= 0.6 is 11.6 Å². The first-order chi connectivity index (χ1) is 13.8. The fourth-order valence-corrected chi connectivity index (χ4v) is 4.32. The summed E-state index contributed by atoms with van der Waals surface area (Å²) in [5, 5.41) is 9.64. The lowest BCUT2D eigenvalue weighted by Crippen LogP contribution is -2.29. The average Bonchev–Trinajstić information content (AvgIpc) is 3.06. The third-order valence-corrected chi connectivity index (χ3v) is 5.80. The highest BCUT2D eigenvalue weighted by atomic mass is 35.5. The third kappa shape index (κ3) is 3.59. The van der Waals surface area contributed by atoms with Crippen LogP contribution in [-0.4, -0.2) is 17.7 Å². The molecular formula is C24H20ClNO3. The quantitative estimate of drug-likeness (QED) is 0.656. The molecule has 1 aliphatic heterocycles. The van der Waals surface area contributed by atoms with Crippen molar-refractivity contribution in [2.75, 3.05) is 0 Å². The number of ketones is 2. The van der Waals surface area contributed by atoms with Crippen molar-refractivity contribution in [3.8, 4) is 6.07 Å². The summed E-state index contributed by atoms with van der Waals surface area (Å²) in [6, 6.07) is 15.8. The molecule has 5 heteroatoms. The number of carbonyl (C=O) groups excluding carboxylic acids is 2. The number of benzene rings is 2. The maximum absolute atomic E-state index is 13.3. The molecule has 4 nitrogen and oxygen atoms in total. The molecule has 0 N–H and O–H groups in total. The molecule has 4 rings (SSSR count). The highest BCUT2D eigenvalue weighted by molar-refractivity contribution is 6.30. The molecule has 0 bridgehead atoms. The zero-order valence-electron chi connectivity index (χ0n) is 16.2. The molecular weight excluding hydrogens is 386 g/mol. The Labute approximate surface area is 174 Å². The summed E-state index contributed by atoms with van der Waals surface area (Å²) in [4.78, 5) is 26.3. The van der Waals surface area contributed by atoms with Crippen LogP contribution in [0, 0.1) is 16.7 Å². The van der Waals surface area contributed by atoms with Crippen LogP contribution in [0.15, 0.2) is 59.9 Å². The number of carbonyl (C=O) groups is 2. The largest absolute Gasteiger partial charge is 0.485 e. The van der Waals surface area contributed by atoms with Gasteiger partial charge in [-0.2, -0.15) is 5.26 Å². The van der Waals surface area contributed by atoms with Crippen molar-refractivity contribution in [2.24, 2.45) is 5.41 Å². The van der Waals surface area contributed by atoms with Crippen LogP contribution < -0.4 is 0 Å². The number of halogens is 1. The Kier molecular flexibility index (Phi) is 4.80. The molecule has 2 aromatic carbocycles. The van der Waals surface area contributed by atoms with Crippen LogP contribution in [0.3, 0.4) is 0 Å². The van der Waals surface area contributed by atoms with Crippen LogP contribution in [0.4, 0.5) is 0 Å². The van der Waals surface area contributed by atoms with E-state index in [0.717, 1.165) is 5.56 Å². The number of rotatable bonds is 3. The van der Waals surface area contributed by atoms with Crippen LogP contribution in [0.5, 0.6) is 0 Å². The van der Waals surface area contributed by atoms with E-state index in [-0.39, 0.29) is 17.0 Å². The van der Waals surface area contributed by atoms with Crippen molar-refractivity contribution in [1.82, 2.24) is 0 Å². The van der Waals surface area contributed by atoms with Gasteiger partial charge in [0.25, 0.3) is 0 Å². The molecule has 2 atom stereocenters. The van der Waals surface area contributed by atoms with Gasteiger partial charge in [0.05, 0.1) is 17.6 Å². The first kappa shape index (κ1) is 19.4. The molecule has 1 heterocycles. The maximum Gasteiger partial charge on any atom is 0.204 e. The van der Waals surface area contributed by atoms with E-state index in [2.05, 4.69) is 6.07 Å². The van der Waals surface area contributed by atoms with Crippen molar-refractivity contribution in [1.29, 1.82) is 5.26 Å². The lowest BCUT2D eigenvalue weighted by molar-refractivity contribution is -0.118. The molecule has 1 aliphatic carbocycles. The Morgan fingerprint density at radius 1 is 1.10 bits per heavy atom. The molecule has 0 fully saturated rings. The van der Waals surface area contributed by atoms with Gasteiger partial charge in [-0.15, -0.1) is 0 Å². The Balaban J connectivity index is 1.78. The Bertz CT molecular complexity index is 1060. The first-order valence-electron chi connectivity index (χ1n) is 9.52. The number of ether oxygens (including phenoxy) is 1. The van der Waals surface area contributed by atoms with E-state index >= 15 is 0 Å². The van der Waals surface area contributed by atoms with Gasteiger partial charge in [0.15, 0.2) is 11.9 Å². The van der Waals surface area contributed by atoms with Gasteiger partial charge in [-0.3, -0.25) is 9.59 Å². The van der Waals surface area contributed by atoms with Gasteiger partial charge in [-0.1, -0.05) is 37.6 Å². The topological polar surface area (TPSA) is 67.2 Å². The van der Waals surface area contributed by atoms with Gasteiger partial charge >= 0.3 is 0 Å². The van der Waals surface area contributed by atoms with Crippen LogP contribution in [-0.2, 0) is 9.53 Å². The number of allylic oxidation sites excluding steroid dienone is 1. The summed E-state index contributed by atoms with van der Waals surface area (Å²) in [7, 11) is 0. The predicted molar refractivity (Wildman–Crippen MR) is 110 cm³/mol. The molecule has 29 heavy (non-hydrogen) atoms. The van der Waals surface area contributed by atoms with E-state index < -0.39 is 12.0 Å². The minimum absolute atomic E-state index is 0.0250. The van der Waals surface area contributed by atoms with E-state index in [1.165, 1.54) is 0 Å². The van der Waals surface area contributed by atoms with Crippen molar-refractivity contribution in [2.45, 2.75) is 38.7 Å². The summed E-state index contributed by atoms with van der Waals surface area (Å²) in [5.41, 5.74) is 2.21. The van der Waals surface area contributed by atoms with Gasteiger partial charge in [0.1, 0.15) is 5.76 Å². The second-order valence-corrected chi connectivity index (χ2v) is 8.84. The van der Waals surface area contributed by atoms with E-state index in [0.29, 0.717) is 40.3 Å². The van der Waals surface area contributed by atoms with Gasteiger partial charge in [-0.25, -0.2) is 0 Å². The summed E-state index contributed by atoms with van der Waals surface area (Å²) < 4.78 is 6.15. The lowest BCUT2D eigenvalue weighted by Gasteiger charge is -2.29. The minimum Gasteiger partial charge on any atom is -0.485 e. The van der Waals surface area contributed by atoms with Crippen molar-refractivity contribution < 1.29 is 14.3 Å². The maximum atomic E-state index is 13.3. The summed E-state index contributed by atoms with van der Waals surface area (Å²) in [6.07, 6.45) is 0.224. The summed E-state index contributed by atoms with van der Waals surface area (Å²) in [6.45, 7) is 4.06. The van der Waals surface area contributed by atoms with Gasteiger partial charge in [-0.05, 0) is 47.4 Å². The molecule has 0 radical (unpaired) electrons. The van der Waals surface area contributed by atoms with Crippen LogP contribution in [0.1, 0.15) is 54.1 Å². The summed E-state index contributed by atoms with van der Waals surface area (Å²) >= 11 is 5.96. The predicted octanol–water partition coefficient (Wildman–Crippen LogP) is 5.22. The van der Waals surface area contributed by atoms with E-state index in [4.69, 9.17) is 21.6 Å². The second kappa shape index (κ2) is 7.17. The SMILES string of the molecule is CC1(C)CC(=O)C2=C(C1)O[C@@H](C(=O)c1ccc(Cl)cc1)[C@@H]2c1ccc(C#N)cc1. The molecule has 0 aromatic heterocycles. The molecule has 0 unspecified atom stereocenters. The van der Waals surface area contributed by atoms with E-state index in [1.807, 2.05) is 13.8 Å². The number of nitriles is 1. The van der Waals surface area contributed by atoms with Gasteiger partial charge < -0.3 is 4.74 Å². The molecule has 0 saturated heterocycles. The number of hydrogen-bond donors (Lipinski definition) is 0. The molecule has 0 saturated carbocycles. The molecule has 2 aliphatic rings. The Morgan fingerprint density at radius 2 is 1.76 bits per heavy atom. The van der Waals surface area contributed by atoms with E-state index in [9.17, 15) is 9.59 Å². The van der Waals surface area contributed by atoms with Gasteiger partial charge in [0, 0.05) is 29.0 Å². The van der Waals surface area contributed by atoms with Crippen LogP contribution in [0.25, 0.3) is 0 Å². The highest BCUT2D eigenvalue weighted by Crippen LogP contribution is 2.49. The van der Waals surface area contributed by atoms with Crippen molar-refractivity contribution >= 4 is 23.2 Å². The summed E-state index contributed by atoms with van der Waals surface area (Å²) in [5.74, 6) is -0.0227. The fourth-order valence-electron chi connectivity index (χ4n) is 4.19. The molecule has 146 valence electrons. The van der Waals surface area contributed by atoms with Gasteiger partial charge in [0.2, 0.25) is 5.78 Å². The third-order valence-electron chi connectivity index (χ3n) is 5.55. The average molecular weight is 406 g/mol. The lowest BCUT2D eigenvalue weighted by atomic mass is 9.72. The monoisotopic (exact) mass is 405 g/mol. The van der Waals surface area contributed by atoms with E-state index in [1.54, 1.807) is 48.5 Å². The van der Waals surface area contributed by atoms with Crippen molar-refractivity contribution in [3.05, 3.63) is 81.6 Å². The molecule has 0 amide bonds. The highest BCUT2D eigenvalue weighted by Gasteiger charge is 2.48. The molecule has 2 aromatic rings. The fraction of sp³-hybridized carbons (Fsp3) is 0.292. The number of hydrogen-bond acceptors (Lipinski definition) is 4. The van der Waals surface area contributed by atoms with Crippen molar-refractivity contribution in [3.63, 3.8) is 0 Å². The number of Topliss-reactive ketones (excluding diaryl/α,β-unsaturated/α-hetero) is 2. The second-order valence-electron chi connectivity index (χ2n) is 8.40. The zero-order valence-corrected chi connectivity index (χ0v) is 17.0. The molecule has 0 spiro atoms. The normalized spacial score (nSPS) is 22.6. The smallest absolute Gasteiger partial charge is 0.204 e.